The van der Waals surface area contributed by atoms with E-state index in [-0.39, 0.29) is 54.8 Å². The lowest BCUT2D eigenvalue weighted by molar-refractivity contribution is -0.110. The van der Waals surface area contributed by atoms with E-state index in [2.05, 4.69) is 20.5 Å². The number of pyridine rings is 1. The Morgan fingerprint density at radius 3 is 2.58 bits per heavy atom. The number of amides is 2. The van der Waals surface area contributed by atoms with Crippen LogP contribution in [0.4, 0.5) is 10.5 Å². The van der Waals surface area contributed by atoms with Crippen LogP contribution in [0.25, 0.3) is 5.57 Å². The number of fused-ring (bicyclic) bond motifs is 2. The summed E-state index contributed by atoms with van der Waals surface area (Å²) in [5, 5.41) is 17.6. The molecule has 0 spiro atoms. The van der Waals surface area contributed by atoms with Gasteiger partial charge in [-0.2, -0.15) is 4.31 Å². The Hall–Kier alpha value is -4.34. The fraction of sp³-hybridized carbons (Fsp3) is 0.512. The number of nitrogens with one attached hydrogen (secondary N) is 2. The molecule has 1 aliphatic carbocycles. The van der Waals surface area contributed by atoms with Crippen LogP contribution in [0.15, 0.2) is 84.0 Å². The first-order valence-electron chi connectivity index (χ1n) is 20.3. The van der Waals surface area contributed by atoms with Crippen molar-refractivity contribution in [2.75, 3.05) is 38.2 Å². The normalized spacial score (nSPS) is 22.6. The molecule has 3 N–H and O–H groups in total. The molecule has 5 atom stereocenters. The molecule has 7 rings (SSSR count). The minimum absolute atomic E-state index is 0.00995. The number of hydrogen-bond acceptors (Lipinski definition) is 10. The van der Waals surface area contributed by atoms with E-state index in [0.29, 0.717) is 36.4 Å². The number of carbonyl (C=O) groups is 2. The van der Waals surface area contributed by atoms with Crippen molar-refractivity contribution in [2.45, 2.75) is 101 Å². The SMILES string of the molecule is CC(C)CN(C[C@@H](O)[C@H](Cc1ccccc1)NC(=O)O[C@H]1COC2OCCC21)S(=O)(=O)c1ccc2c(c1)/C(=C/N(CCc1ccccn1)C1CCCCC1)C(=O)N2. The summed E-state index contributed by atoms with van der Waals surface area (Å²) in [7, 11) is -4.20. The third-order valence-electron chi connectivity index (χ3n) is 11.4. The molecule has 4 aliphatic rings. The molecule has 3 aliphatic heterocycles. The third-order valence-corrected chi connectivity index (χ3v) is 13.2. The summed E-state index contributed by atoms with van der Waals surface area (Å²) in [5.74, 6) is -0.428. The number of nitrogens with zero attached hydrogens (tertiary/aromatic N) is 3. The van der Waals surface area contributed by atoms with Crippen LogP contribution in [0, 0.1) is 11.8 Å². The fourth-order valence-electron chi connectivity index (χ4n) is 8.36. The van der Waals surface area contributed by atoms with Gasteiger partial charge >= 0.3 is 6.09 Å². The second-order valence-electron chi connectivity index (χ2n) is 16.0. The molecule has 2 unspecified atom stereocenters. The van der Waals surface area contributed by atoms with E-state index < -0.39 is 40.7 Å². The fourth-order valence-corrected chi connectivity index (χ4v) is 10.0. The van der Waals surface area contributed by atoms with Gasteiger partial charge in [-0.1, -0.05) is 69.5 Å². The second kappa shape index (κ2) is 18.5. The highest BCUT2D eigenvalue weighted by atomic mass is 32.2. The van der Waals surface area contributed by atoms with Crippen molar-refractivity contribution in [3.05, 3.63) is 95.9 Å². The van der Waals surface area contributed by atoms with Crippen LogP contribution in [0.5, 0.6) is 0 Å². The molecule has 3 aromatic rings. The molecule has 4 heterocycles. The molecule has 2 amide bonds. The van der Waals surface area contributed by atoms with Crippen LogP contribution < -0.4 is 10.6 Å². The average molecular weight is 802 g/mol. The van der Waals surface area contributed by atoms with Crippen LogP contribution in [0.3, 0.4) is 0 Å². The smallest absolute Gasteiger partial charge is 0.407 e. The summed E-state index contributed by atoms with van der Waals surface area (Å²) in [6.07, 6.45) is 7.91. The summed E-state index contributed by atoms with van der Waals surface area (Å²) >= 11 is 0. The van der Waals surface area contributed by atoms with Crippen LogP contribution in [0.1, 0.15) is 69.2 Å². The van der Waals surface area contributed by atoms with Crippen LogP contribution in [-0.2, 0) is 41.9 Å². The summed E-state index contributed by atoms with van der Waals surface area (Å²) < 4.78 is 47.4. The van der Waals surface area contributed by atoms with Crippen molar-refractivity contribution in [1.29, 1.82) is 0 Å². The highest BCUT2D eigenvalue weighted by Gasteiger charge is 2.44. The Bertz CT molecular complexity index is 1980. The number of aromatic nitrogens is 1. The Morgan fingerprint density at radius 1 is 1.04 bits per heavy atom. The van der Waals surface area contributed by atoms with E-state index in [1.807, 2.05) is 68.6 Å². The zero-order valence-electron chi connectivity index (χ0n) is 32.8. The Labute approximate surface area is 335 Å². The van der Waals surface area contributed by atoms with E-state index in [1.54, 1.807) is 18.3 Å². The van der Waals surface area contributed by atoms with E-state index >= 15 is 0 Å². The predicted octanol–water partition coefficient (Wildman–Crippen LogP) is 5.36. The highest BCUT2D eigenvalue weighted by molar-refractivity contribution is 7.89. The summed E-state index contributed by atoms with van der Waals surface area (Å²) in [6.45, 7) is 5.07. The molecule has 14 heteroatoms. The summed E-state index contributed by atoms with van der Waals surface area (Å²) in [4.78, 5) is 33.6. The molecule has 57 heavy (non-hydrogen) atoms. The first-order valence-corrected chi connectivity index (χ1v) is 21.7. The lowest BCUT2D eigenvalue weighted by Gasteiger charge is -2.34. The topological polar surface area (TPSA) is 160 Å². The van der Waals surface area contributed by atoms with Crippen molar-refractivity contribution in [2.24, 2.45) is 11.8 Å². The van der Waals surface area contributed by atoms with Crippen LogP contribution in [0.2, 0.25) is 0 Å². The number of aliphatic hydroxyl groups is 1. The number of sulfonamides is 1. The quantitative estimate of drug-likeness (QED) is 0.161. The number of rotatable bonds is 16. The zero-order valence-corrected chi connectivity index (χ0v) is 33.6. The largest absolute Gasteiger partial charge is 0.443 e. The van der Waals surface area contributed by atoms with Crippen molar-refractivity contribution < 1.29 is 37.3 Å². The molecule has 2 saturated heterocycles. The molecule has 1 aromatic heterocycles. The number of ether oxygens (including phenoxy) is 3. The van der Waals surface area contributed by atoms with Crippen molar-refractivity contribution in [1.82, 2.24) is 19.5 Å². The van der Waals surface area contributed by atoms with Gasteiger partial charge in [-0.05, 0) is 67.5 Å². The van der Waals surface area contributed by atoms with E-state index in [0.717, 1.165) is 43.4 Å². The first kappa shape index (κ1) is 40.8. The Balaban J connectivity index is 1.12. The number of aliphatic hydroxyl groups excluding tert-OH is 1. The molecule has 1 saturated carbocycles. The van der Waals surface area contributed by atoms with Gasteiger partial charge in [-0.3, -0.25) is 9.78 Å². The molecule has 3 fully saturated rings. The molecular weight excluding hydrogens is 747 g/mol. The van der Waals surface area contributed by atoms with Crippen LogP contribution in [-0.4, -0.2) is 103 Å². The number of alkyl carbamates (subject to hydrolysis) is 1. The Morgan fingerprint density at radius 2 is 1.82 bits per heavy atom. The van der Waals surface area contributed by atoms with Gasteiger partial charge in [-0.25, -0.2) is 13.2 Å². The van der Waals surface area contributed by atoms with Gasteiger partial charge in [0.2, 0.25) is 10.0 Å². The molecule has 0 radical (unpaired) electrons. The van der Waals surface area contributed by atoms with Gasteiger partial charge in [-0.15, -0.1) is 0 Å². The molecular formula is C43H55N5O8S. The van der Waals surface area contributed by atoms with Crippen molar-refractivity contribution in [3.8, 4) is 0 Å². The van der Waals surface area contributed by atoms with E-state index in [1.165, 1.54) is 16.8 Å². The first-order chi connectivity index (χ1) is 27.5. The monoisotopic (exact) mass is 801 g/mol. The van der Waals surface area contributed by atoms with Crippen LogP contribution >= 0.6 is 0 Å². The predicted molar refractivity (Wildman–Crippen MR) is 215 cm³/mol. The number of anilines is 1. The molecule has 306 valence electrons. The van der Waals surface area contributed by atoms with Gasteiger partial charge < -0.3 is 34.9 Å². The second-order valence-corrected chi connectivity index (χ2v) is 17.9. The Kier molecular flexibility index (Phi) is 13.3. The minimum Gasteiger partial charge on any atom is -0.443 e. The highest BCUT2D eigenvalue weighted by Crippen LogP contribution is 2.36. The lowest BCUT2D eigenvalue weighted by atomic mass is 9.94. The number of carbonyl (C=O) groups excluding carboxylic acids is 2. The molecule has 0 bridgehead atoms. The average Bonchev–Trinajstić information content (AvgIpc) is 3.92. The van der Waals surface area contributed by atoms with Gasteiger partial charge in [0.15, 0.2) is 6.29 Å². The maximum atomic E-state index is 14.6. The van der Waals surface area contributed by atoms with E-state index in [9.17, 15) is 23.1 Å². The molecule has 2 aromatic carbocycles. The lowest BCUT2D eigenvalue weighted by Crippen LogP contribution is -2.51. The van der Waals surface area contributed by atoms with Gasteiger partial charge in [0.1, 0.15) is 6.10 Å². The third kappa shape index (κ3) is 10.0. The van der Waals surface area contributed by atoms with Gasteiger partial charge in [0.05, 0.1) is 41.7 Å². The van der Waals surface area contributed by atoms with Gasteiger partial charge in [0, 0.05) is 61.4 Å². The van der Waals surface area contributed by atoms with Crippen molar-refractivity contribution in [3.63, 3.8) is 0 Å². The number of hydrogen-bond donors (Lipinski definition) is 3. The minimum atomic E-state index is -4.20. The molecule has 13 nitrogen and oxygen atoms in total. The zero-order chi connectivity index (χ0) is 39.9. The maximum absolute atomic E-state index is 14.6. The maximum Gasteiger partial charge on any atom is 0.407 e. The van der Waals surface area contributed by atoms with Crippen molar-refractivity contribution >= 4 is 33.3 Å². The number of benzene rings is 2. The summed E-state index contributed by atoms with van der Waals surface area (Å²) in [5.41, 5.74) is 3.29. The standard InChI is InChI=1S/C43H55N5O8S/c1-29(2)25-48(27-39(49)38(23-30-11-5-3-6-12-30)46-43(51)56-40-28-55-42-34(40)19-22-54-42)57(52,53)33-16-17-37-35(24-33)36(41(50)45-37)26-47(32-14-7-4-8-15-32)21-18-31-13-9-10-20-44-31/h3,5-6,9-13,16-17,20,24,26,29,32,34,38-40,42,49H,4,7-8,14-15,18-19,21-23,25,27-28H2,1-2H3,(H,45,50)(H,46,51)/b36-26-/t34?,38-,39+,40-,42?/m0/s1. The summed E-state index contributed by atoms with van der Waals surface area (Å²) in [6, 6.07) is 19.3. The van der Waals surface area contributed by atoms with Gasteiger partial charge in [0.25, 0.3) is 5.91 Å². The van der Waals surface area contributed by atoms with E-state index in [4.69, 9.17) is 14.2 Å².